The van der Waals surface area contributed by atoms with Crippen molar-refractivity contribution < 1.29 is 9.53 Å². The number of benzene rings is 1. The minimum atomic E-state index is 0.551. The molecule has 0 N–H and O–H groups in total. The number of aromatic nitrogens is 2. The maximum Gasteiger partial charge on any atom is 0.153 e. The molecular formula is C15H11BrN2O2S. The number of methoxy groups -OCH3 is 1. The van der Waals surface area contributed by atoms with Crippen LogP contribution in [0.2, 0.25) is 0 Å². The summed E-state index contributed by atoms with van der Waals surface area (Å²) in [5.74, 6) is 0.705. The number of rotatable bonds is 4. The highest BCUT2D eigenvalue weighted by atomic mass is 79.9. The molecule has 0 unspecified atom stereocenters. The highest BCUT2D eigenvalue weighted by Crippen LogP contribution is 2.33. The number of carbonyl (C=O) groups excluding carboxylic acids is 1. The third kappa shape index (κ3) is 2.64. The smallest absolute Gasteiger partial charge is 0.153 e. The van der Waals surface area contributed by atoms with Crippen LogP contribution in [-0.2, 0) is 0 Å². The van der Waals surface area contributed by atoms with E-state index in [4.69, 9.17) is 4.74 Å². The van der Waals surface area contributed by atoms with Gasteiger partial charge in [0.1, 0.15) is 17.1 Å². The average molecular weight is 363 g/mol. The zero-order valence-electron chi connectivity index (χ0n) is 11.1. The number of hydrogen-bond donors (Lipinski definition) is 0. The van der Waals surface area contributed by atoms with E-state index < -0.39 is 0 Å². The van der Waals surface area contributed by atoms with Gasteiger partial charge in [-0.1, -0.05) is 12.1 Å². The highest BCUT2D eigenvalue weighted by molar-refractivity contribution is 9.11. The van der Waals surface area contributed by atoms with Crippen LogP contribution in [0.15, 0.2) is 46.4 Å². The summed E-state index contributed by atoms with van der Waals surface area (Å²) in [6, 6.07) is 11.4. The van der Waals surface area contributed by atoms with Crippen molar-refractivity contribution >= 4 is 33.6 Å². The molecule has 21 heavy (non-hydrogen) atoms. The molecule has 0 radical (unpaired) electrons. The van der Waals surface area contributed by atoms with E-state index in [1.54, 1.807) is 18.0 Å². The number of halogens is 1. The normalized spacial score (nSPS) is 10.6. The summed E-state index contributed by atoms with van der Waals surface area (Å²) in [5, 5.41) is 4.54. The van der Waals surface area contributed by atoms with Gasteiger partial charge in [-0.25, -0.2) is 4.68 Å². The first-order valence-corrected chi connectivity index (χ1v) is 7.78. The van der Waals surface area contributed by atoms with Gasteiger partial charge in [0.2, 0.25) is 0 Å². The Bertz CT molecular complexity index is 795. The maximum atomic E-state index is 11.3. The Labute approximate surface area is 134 Å². The minimum Gasteiger partial charge on any atom is -0.494 e. The van der Waals surface area contributed by atoms with E-state index >= 15 is 0 Å². The largest absolute Gasteiger partial charge is 0.494 e. The van der Waals surface area contributed by atoms with Crippen LogP contribution < -0.4 is 4.74 Å². The number of hydrogen-bond acceptors (Lipinski definition) is 4. The SMILES string of the molecule is COc1ccccc1-n1cc(C=O)c(-c2ccc(Br)s2)n1. The van der Waals surface area contributed by atoms with E-state index in [1.807, 2.05) is 36.4 Å². The van der Waals surface area contributed by atoms with Crippen molar-refractivity contribution in [1.29, 1.82) is 0 Å². The van der Waals surface area contributed by atoms with Gasteiger partial charge >= 0.3 is 0 Å². The van der Waals surface area contributed by atoms with Crippen LogP contribution in [0.3, 0.4) is 0 Å². The lowest BCUT2D eigenvalue weighted by atomic mass is 10.2. The van der Waals surface area contributed by atoms with Crippen LogP contribution in [0.5, 0.6) is 5.75 Å². The van der Waals surface area contributed by atoms with Crippen molar-refractivity contribution in [3.8, 4) is 22.0 Å². The molecule has 0 saturated carbocycles. The fourth-order valence-electron chi connectivity index (χ4n) is 2.05. The number of nitrogens with zero attached hydrogens (tertiary/aromatic N) is 2. The lowest BCUT2D eigenvalue weighted by Crippen LogP contribution is -1.98. The van der Waals surface area contributed by atoms with Gasteiger partial charge in [-0.3, -0.25) is 4.79 Å². The molecule has 0 aliphatic heterocycles. The van der Waals surface area contributed by atoms with Crippen LogP contribution in [0, 0.1) is 0 Å². The third-order valence-corrected chi connectivity index (χ3v) is 4.64. The van der Waals surface area contributed by atoms with Gasteiger partial charge in [-0.15, -0.1) is 11.3 Å². The topological polar surface area (TPSA) is 44.1 Å². The molecular weight excluding hydrogens is 352 g/mol. The van der Waals surface area contributed by atoms with Gasteiger partial charge in [0.25, 0.3) is 0 Å². The standard InChI is InChI=1S/C15H11BrN2O2S/c1-20-12-5-3-2-4-11(12)18-8-10(9-19)15(17-18)13-6-7-14(16)21-13/h2-9H,1H3. The fraction of sp³-hybridized carbons (Fsp3) is 0.0667. The van der Waals surface area contributed by atoms with Crippen molar-refractivity contribution in [2.45, 2.75) is 0 Å². The number of aldehydes is 1. The lowest BCUT2D eigenvalue weighted by molar-refractivity contribution is 0.112. The molecule has 3 rings (SSSR count). The predicted octanol–water partition coefficient (Wildman–Crippen LogP) is 4.18. The average Bonchev–Trinajstić information content (AvgIpc) is 3.12. The molecule has 0 aliphatic rings. The first kappa shape index (κ1) is 14.0. The molecule has 4 nitrogen and oxygen atoms in total. The van der Waals surface area contributed by atoms with Crippen LogP contribution in [0.25, 0.3) is 16.3 Å². The van der Waals surface area contributed by atoms with Crippen molar-refractivity contribution in [2.75, 3.05) is 7.11 Å². The van der Waals surface area contributed by atoms with E-state index in [9.17, 15) is 4.79 Å². The van der Waals surface area contributed by atoms with Gasteiger partial charge in [-0.05, 0) is 40.2 Å². The molecule has 0 amide bonds. The number of ether oxygens (including phenoxy) is 1. The second-order valence-electron chi connectivity index (χ2n) is 4.27. The Kier molecular flexibility index (Phi) is 3.90. The van der Waals surface area contributed by atoms with Crippen molar-refractivity contribution in [3.05, 3.63) is 51.9 Å². The van der Waals surface area contributed by atoms with Crippen molar-refractivity contribution in [2.24, 2.45) is 0 Å². The zero-order valence-corrected chi connectivity index (χ0v) is 13.5. The van der Waals surface area contributed by atoms with E-state index in [2.05, 4.69) is 21.0 Å². The summed E-state index contributed by atoms with van der Waals surface area (Å²) in [4.78, 5) is 12.3. The molecule has 2 heterocycles. The molecule has 0 fully saturated rings. The van der Waals surface area contributed by atoms with E-state index in [0.717, 1.165) is 20.6 Å². The molecule has 2 aromatic heterocycles. The third-order valence-electron chi connectivity index (χ3n) is 3.01. The molecule has 0 spiro atoms. The molecule has 3 aromatic rings. The van der Waals surface area contributed by atoms with Crippen LogP contribution >= 0.6 is 27.3 Å². The van der Waals surface area contributed by atoms with Crippen LogP contribution in [-0.4, -0.2) is 23.2 Å². The Balaban J connectivity index is 2.13. The zero-order chi connectivity index (χ0) is 14.8. The molecule has 0 aliphatic carbocycles. The summed E-state index contributed by atoms with van der Waals surface area (Å²) in [7, 11) is 1.61. The summed E-state index contributed by atoms with van der Waals surface area (Å²) in [5.41, 5.74) is 2.02. The molecule has 106 valence electrons. The number of para-hydroxylation sites is 2. The van der Waals surface area contributed by atoms with E-state index in [-0.39, 0.29) is 0 Å². The molecule has 0 atom stereocenters. The van der Waals surface area contributed by atoms with Gasteiger partial charge in [0.15, 0.2) is 6.29 Å². The second kappa shape index (κ2) is 5.83. The van der Waals surface area contributed by atoms with E-state index in [0.29, 0.717) is 17.0 Å². The Hall–Kier alpha value is -1.92. The molecule has 0 bridgehead atoms. The van der Waals surface area contributed by atoms with Crippen LogP contribution in [0.1, 0.15) is 10.4 Å². The van der Waals surface area contributed by atoms with Gasteiger partial charge in [-0.2, -0.15) is 5.10 Å². The predicted molar refractivity (Wildman–Crippen MR) is 86.5 cm³/mol. The Morgan fingerprint density at radius 2 is 2.10 bits per heavy atom. The first-order chi connectivity index (χ1) is 10.2. The van der Waals surface area contributed by atoms with Gasteiger partial charge in [0, 0.05) is 6.20 Å². The number of thiophene rings is 1. The molecule has 6 heteroatoms. The maximum absolute atomic E-state index is 11.3. The minimum absolute atomic E-state index is 0.551. The Morgan fingerprint density at radius 1 is 1.29 bits per heavy atom. The monoisotopic (exact) mass is 362 g/mol. The summed E-state index contributed by atoms with van der Waals surface area (Å²) < 4.78 is 8.01. The summed E-state index contributed by atoms with van der Waals surface area (Å²) in [6.07, 6.45) is 2.54. The highest BCUT2D eigenvalue weighted by Gasteiger charge is 2.15. The van der Waals surface area contributed by atoms with Crippen molar-refractivity contribution in [1.82, 2.24) is 9.78 Å². The lowest BCUT2D eigenvalue weighted by Gasteiger charge is -2.07. The van der Waals surface area contributed by atoms with Gasteiger partial charge < -0.3 is 4.74 Å². The van der Waals surface area contributed by atoms with Crippen molar-refractivity contribution in [3.63, 3.8) is 0 Å². The quantitative estimate of drug-likeness (QED) is 0.653. The summed E-state index contributed by atoms with van der Waals surface area (Å²) >= 11 is 4.97. The first-order valence-electron chi connectivity index (χ1n) is 6.17. The fourth-order valence-corrected chi connectivity index (χ4v) is 3.44. The molecule has 0 saturated heterocycles. The van der Waals surface area contributed by atoms with Crippen LogP contribution in [0.4, 0.5) is 0 Å². The summed E-state index contributed by atoms with van der Waals surface area (Å²) in [6.45, 7) is 0. The van der Waals surface area contributed by atoms with Gasteiger partial charge in [0.05, 0.1) is 21.3 Å². The van der Waals surface area contributed by atoms with E-state index in [1.165, 1.54) is 11.3 Å². The molecule has 1 aromatic carbocycles. The number of carbonyl (C=O) groups is 1. The second-order valence-corrected chi connectivity index (χ2v) is 6.73. The Morgan fingerprint density at radius 3 is 2.76 bits per heavy atom.